The lowest BCUT2D eigenvalue weighted by molar-refractivity contribution is -0.133. The van der Waals surface area contributed by atoms with Crippen LogP contribution in [0.3, 0.4) is 0 Å². The minimum atomic E-state index is -0.222. The Balaban J connectivity index is 2.29. The van der Waals surface area contributed by atoms with Crippen LogP contribution in [0.25, 0.3) is 0 Å². The molecule has 4 heteroatoms. The van der Waals surface area contributed by atoms with Crippen LogP contribution >= 0.6 is 0 Å². The van der Waals surface area contributed by atoms with Crippen LogP contribution in [-0.4, -0.2) is 23.9 Å². The quantitative estimate of drug-likeness (QED) is 0.848. The smallest absolute Gasteiger partial charge is 0.224 e. The first-order valence-electron chi connectivity index (χ1n) is 5.92. The molecule has 1 amide bonds. The zero-order valence-corrected chi connectivity index (χ0v) is 9.95. The Bertz CT molecular complexity index is 433. The molecule has 17 heavy (non-hydrogen) atoms. The van der Waals surface area contributed by atoms with E-state index in [1.54, 1.807) is 11.0 Å². The Morgan fingerprint density at radius 3 is 3.06 bits per heavy atom. The van der Waals surface area contributed by atoms with E-state index in [4.69, 9.17) is 5.73 Å². The molecule has 0 saturated carbocycles. The van der Waals surface area contributed by atoms with Gasteiger partial charge in [-0.15, -0.1) is 0 Å². The van der Waals surface area contributed by atoms with Crippen molar-refractivity contribution in [3.8, 4) is 0 Å². The van der Waals surface area contributed by atoms with Gasteiger partial charge in [-0.25, -0.2) is 4.39 Å². The number of hydrogen-bond donors (Lipinski definition) is 1. The number of carbonyl (C=O) groups excluding carboxylic acids is 1. The molecule has 1 aromatic rings. The average Bonchev–Trinajstić information content (AvgIpc) is 2.29. The minimum Gasteiger partial charge on any atom is -0.335 e. The summed E-state index contributed by atoms with van der Waals surface area (Å²) in [7, 11) is 0. The molecule has 1 heterocycles. The van der Waals surface area contributed by atoms with Gasteiger partial charge in [-0.3, -0.25) is 4.79 Å². The summed E-state index contributed by atoms with van der Waals surface area (Å²) in [5.41, 5.74) is 7.05. The van der Waals surface area contributed by atoms with E-state index >= 15 is 0 Å². The molecule has 2 N–H and O–H groups in total. The maximum absolute atomic E-state index is 13.8. The molecule has 2 rings (SSSR count). The van der Waals surface area contributed by atoms with Crippen molar-refractivity contribution in [3.05, 3.63) is 35.1 Å². The standard InChI is InChI=1S/C13H17FN2O/c1-9-13-10(3-2-4-11(13)14)6-8-16(9)12(17)5-7-15/h2-4,9H,5-8,15H2,1H3. The van der Waals surface area contributed by atoms with Gasteiger partial charge >= 0.3 is 0 Å². The van der Waals surface area contributed by atoms with Crippen LogP contribution in [-0.2, 0) is 11.2 Å². The third-order valence-corrected chi connectivity index (χ3v) is 3.33. The fourth-order valence-corrected chi connectivity index (χ4v) is 2.47. The van der Waals surface area contributed by atoms with Crippen molar-refractivity contribution in [1.29, 1.82) is 0 Å². The van der Waals surface area contributed by atoms with Crippen LogP contribution < -0.4 is 5.73 Å². The molecule has 1 aliphatic rings. The maximum atomic E-state index is 13.8. The van der Waals surface area contributed by atoms with Crippen molar-refractivity contribution >= 4 is 5.91 Å². The third kappa shape index (κ3) is 2.17. The van der Waals surface area contributed by atoms with Gasteiger partial charge in [0.05, 0.1) is 6.04 Å². The molecular formula is C13H17FN2O. The van der Waals surface area contributed by atoms with Crippen molar-refractivity contribution in [2.24, 2.45) is 5.73 Å². The number of nitrogens with two attached hydrogens (primary N) is 1. The molecule has 1 aliphatic heterocycles. The molecule has 1 atom stereocenters. The highest BCUT2D eigenvalue weighted by Gasteiger charge is 2.28. The molecule has 0 spiro atoms. The van der Waals surface area contributed by atoms with Crippen LogP contribution in [0, 0.1) is 5.82 Å². The lowest BCUT2D eigenvalue weighted by atomic mass is 9.93. The molecule has 3 nitrogen and oxygen atoms in total. The predicted molar refractivity (Wildman–Crippen MR) is 63.9 cm³/mol. The van der Waals surface area contributed by atoms with E-state index in [2.05, 4.69) is 0 Å². The number of nitrogens with zero attached hydrogens (tertiary/aromatic N) is 1. The van der Waals surface area contributed by atoms with E-state index in [0.717, 1.165) is 5.56 Å². The van der Waals surface area contributed by atoms with Crippen molar-refractivity contribution in [2.45, 2.75) is 25.8 Å². The van der Waals surface area contributed by atoms with Crippen LogP contribution in [0.1, 0.15) is 30.5 Å². The Hall–Kier alpha value is -1.42. The summed E-state index contributed by atoms with van der Waals surface area (Å²) in [6, 6.07) is 4.91. The van der Waals surface area contributed by atoms with Crippen LogP contribution in [0.4, 0.5) is 4.39 Å². The van der Waals surface area contributed by atoms with E-state index in [9.17, 15) is 9.18 Å². The van der Waals surface area contributed by atoms with Crippen LogP contribution in [0.5, 0.6) is 0 Å². The monoisotopic (exact) mass is 236 g/mol. The van der Waals surface area contributed by atoms with E-state index in [-0.39, 0.29) is 17.8 Å². The van der Waals surface area contributed by atoms with E-state index in [1.807, 2.05) is 13.0 Å². The number of fused-ring (bicyclic) bond motifs is 1. The molecule has 1 aromatic carbocycles. The second-order valence-electron chi connectivity index (χ2n) is 4.36. The number of carbonyl (C=O) groups is 1. The average molecular weight is 236 g/mol. The van der Waals surface area contributed by atoms with Crippen LogP contribution in [0.2, 0.25) is 0 Å². The van der Waals surface area contributed by atoms with Gasteiger partial charge in [0.2, 0.25) is 5.91 Å². The SMILES string of the molecule is CC1c2c(F)cccc2CCN1C(=O)CCN. The van der Waals surface area contributed by atoms with Gasteiger partial charge in [-0.05, 0) is 25.0 Å². The molecule has 0 bridgehead atoms. The van der Waals surface area contributed by atoms with E-state index in [0.29, 0.717) is 31.5 Å². The van der Waals surface area contributed by atoms with Gasteiger partial charge in [-0.1, -0.05) is 12.1 Å². The summed E-state index contributed by atoms with van der Waals surface area (Å²) < 4.78 is 13.8. The van der Waals surface area contributed by atoms with E-state index in [1.165, 1.54) is 6.07 Å². The summed E-state index contributed by atoms with van der Waals surface area (Å²) in [5, 5.41) is 0. The normalized spacial score (nSPS) is 19.0. The van der Waals surface area contributed by atoms with Crippen molar-refractivity contribution < 1.29 is 9.18 Å². The zero-order valence-electron chi connectivity index (χ0n) is 9.95. The first-order chi connectivity index (χ1) is 8.15. The summed E-state index contributed by atoms with van der Waals surface area (Å²) in [4.78, 5) is 13.6. The highest BCUT2D eigenvalue weighted by molar-refractivity contribution is 5.77. The van der Waals surface area contributed by atoms with Crippen molar-refractivity contribution in [2.75, 3.05) is 13.1 Å². The molecule has 1 unspecified atom stereocenters. The highest BCUT2D eigenvalue weighted by atomic mass is 19.1. The van der Waals surface area contributed by atoms with Gasteiger partial charge in [0.15, 0.2) is 0 Å². The van der Waals surface area contributed by atoms with Gasteiger partial charge in [-0.2, -0.15) is 0 Å². The first kappa shape index (κ1) is 12.0. The Morgan fingerprint density at radius 1 is 1.59 bits per heavy atom. The highest BCUT2D eigenvalue weighted by Crippen LogP contribution is 2.31. The van der Waals surface area contributed by atoms with Gasteiger partial charge in [0, 0.05) is 25.1 Å². The predicted octanol–water partition coefficient (Wildman–Crippen LogP) is 1.62. The lowest BCUT2D eigenvalue weighted by Gasteiger charge is -2.35. The molecule has 0 aromatic heterocycles. The summed E-state index contributed by atoms with van der Waals surface area (Å²) in [6.07, 6.45) is 1.04. The van der Waals surface area contributed by atoms with Gasteiger partial charge in [0.1, 0.15) is 5.82 Å². The molecule has 0 radical (unpaired) electrons. The molecular weight excluding hydrogens is 219 g/mol. The molecule has 0 saturated heterocycles. The second-order valence-corrected chi connectivity index (χ2v) is 4.36. The summed E-state index contributed by atoms with van der Waals surface area (Å²) in [5.74, 6) is -0.214. The third-order valence-electron chi connectivity index (χ3n) is 3.33. The van der Waals surface area contributed by atoms with Crippen molar-refractivity contribution in [3.63, 3.8) is 0 Å². The minimum absolute atomic E-state index is 0.00824. The van der Waals surface area contributed by atoms with Crippen molar-refractivity contribution in [1.82, 2.24) is 4.90 Å². The van der Waals surface area contributed by atoms with Gasteiger partial charge in [0.25, 0.3) is 0 Å². The molecule has 0 aliphatic carbocycles. The number of rotatable bonds is 2. The lowest BCUT2D eigenvalue weighted by Crippen LogP contribution is -2.40. The fourth-order valence-electron chi connectivity index (χ4n) is 2.47. The summed E-state index contributed by atoms with van der Waals surface area (Å²) >= 11 is 0. The number of benzene rings is 1. The largest absolute Gasteiger partial charge is 0.335 e. The Morgan fingerprint density at radius 2 is 2.35 bits per heavy atom. The number of hydrogen-bond acceptors (Lipinski definition) is 2. The zero-order chi connectivity index (χ0) is 12.4. The fraction of sp³-hybridized carbons (Fsp3) is 0.462. The summed E-state index contributed by atoms with van der Waals surface area (Å²) in [6.45, 7) is 2.86. The number of halogens is 1. The first-order valence-corrected chi connectivity index (χ1v) is 5.92. The van der Waals surface area contributed by atoms with Gasteiger partial charge < -0.3 is 10.6 Å². The topological polar surface area (TPSA) is 46.3 Å². The van der Waals surface area contributed by atoms with E-state index < -0.39 is 0 Å². The number of amides is 1. The van der Waals surface area contributed by atoms with Crippen LogP contribution in [0.15, 0.2) is 18.2 Å². The molecule has 92 valence electrons. The maximum Gasteiger partial charge on any atom is 0.224 e. The second kappa shape index (κ2) is 4.84. The Labute approximate surface area is 100 Å². The molecule has 0 fully saturated rings. The Kier molecular flexibility index (Phi) is 3.43.